The summed E-state index contributed by atoms with van der Waals surface area (Å²) < 4.78 is 3.28. The lowest BCUT2D eigenvalue weighted by molar-refractivity contribution is 1.01. The van der Waals surface area contributed by atoms with Gasteiger partial charge in [-0.15, -0.1) is 0 Å². The second-order valence-electron chi connectivity index (χ2n) is 10.0. The maximum Gasteiger partial charge on any atom is 0.235 e. The summed E-state index contributed by atoms with van der Waals surface area (Å²) in [5.74, 6) is 0.670. The van der Waals surface area contributed by atoms with E-state index in [-0.39, 0.29) is 0 Å². The molecule has 6 aromatic carbocycles. The van der Waals surface area contributed by atoms with E-state index in [0.717, 1.165) is 37.7 Å². The number of nitrogens with zero attached hydrogens (tertiary/aromatic N) is 3. The maximum atomic E-state index is 5.25. The Kier molecular flexibility index (Phi) is 5.29. The standard InChI is InChI=1S/C36H22BrN3/c37-27-19-20-28-26(22-27)18-21-33-34(28)30-11-5-7-13-32(30)40(33)36-38-31-12-6-4-10-29(31)35(39-36)25-16-14-24(15-17-25)23-8-2-1-3-9-23/h1-22H. The SMILES string of the molecule is Brc1ccc2c(ccc3c2c2ccccc2n3-c2nc(-c3ccc(-c4ccccc4)cc3)c3ccccc3n2)c1. The fraction of sp³-hybridized carbons (Fsp3) is 0. The Bertz CT molecular complexity index is 2210. The summed E-state index contributed by atoms with van der Waals surface area (Å²) in [4.78, 5) is 10.4. The number of halogens is 1. The van der Waals surface area contributed by atoms with Gasteiger partial charge in [-0.05, 0) is 52.2 Å². The Morgan fingerprint density at radius 3 is 2.05 bits per heavy atom. The first-order valence-electron chi connectivity index (χ1n) is 13.3. The molecular weight excluding hydrogens is 554 g/mol. The molecular formula is C36H22BrN3. The Labute approximate surface area is 239 Å². The molecule has 8 rings (SSSR count). The molecule has 0 saturated carbocycles. The van der Waals surface area contributed by atoms with E-state index >= 15 is 0 Å². The van der Waals surface area contributed by atoms with E-state index in [0.29, 0.717) is 5.95 Å². The lowest BCUT2D eigenvalue weighted by Crippen LogP contribution is -2.03. The Balaban J connectivity index is 1.40. The van der Waals surface area contributed by atoms with Crippen LogP contribution in [0.4, 0.5) is 0 Å². The molecule has 0 unspecified atom stereocenters. The minimum atomic E-state index is 0.670. The second kappa shape index (κ2) is 9.15. The summed E-state index contributed by atoms with van der Waals surface area (Å²) >= 11 is 3.63. The van der Waals surface area contributed by atoms with Gasteiger partial charge in [-0.3, -0.25) is 4.57 Å². The summed E-state index contributed by atoms with van der Waals surface area (Å²) in [7, 11) is 0. The summed E-state index contributed by atoms with van der Waals surface area (Å²) in [6.07, 6.45) is 0. The molecule has 0 bridgehead atoms. The van der Waals surface area contributed by atoms with E-state index < -0.39 is 0 Å². The molecule has 0 amide bonds. The van der Waals surface area contributed by atoms with Gasteiger partial charge >= 0.3 is 0 Å². The van der Waals surface area contributed by atoms with Crippen molar-refractivity contribution in [2.45, 2.75) is 0 Å². The van der Waals surface area contributed by atoms with Gasteiger partial charge in [0.2, 0.25) is 5.95 Å². The van der Waals surface area contributed by atoms with Gasteiger partial charge in [-0.1, -0.05) is 119 Å². The smallest absolute Gasteiger partial charge is 0.235 e. The van der Waals surface area contributed by atoms with Gasteiger partial charge < -0.3 is 0 Å². The van der Waals surface area contributed by atoms with Gasteiger partial charge in [0.05, 0.1) is 22.2 Å². The topological polar surface area (TPSA) is 30.7 Å². The summed E-state index contributed by atoms with van der Waals surface area (Å²) in [5.41, 5.74) is 7.48. The molecule has 0 radical (unpaired) electrons. The van der Waals surface area contributed by atoms with Gasteiger partial charge in [0.25, 0.3) is 0 Å². The number of hydrogen-bond acceptors (Lipinski definition) is 2. The van der Waals surface area contributed by atoms with Crippen molar-refractivity contribution in [2.24, 2.45) is 0 Å². The highest BCUT2D eigenvalue weighted by Gasteiger charge is 2.18. The first-order valence-corrected chi connectivity index (χ1v) is 14.1. The van der Waals surface area contributed by atoms with Crippen molar-refractivity contribution in [3.63, 3.8) is 0 Å². The molecule has 2 aromatic heterocycles. The average molecular weight is 576 g/mol. The van der Waals surface area contributed by atoms with E-state index in [1.54, 1.807) is 0 Å². The van der Waals surface area contributed by atoms with Crippen LogP contribution in [0.25, 0.3) is 71.8 Å². The molecule has 0 aliphatic carbocycles. The van der Waals surface area contributed by atoms with Gasteiger partial charge in [0.1, 0.15) is 0 Å². The van der Waals surface area contributed by atoms with Gasteiger partial charge in [0.15, 0.2) is 0 Å². The highest BCUT2D eigenvalue weighted by atomic mass is 79.9. The van der Waals surface area contributed by atoms with Crippen LogP contribution in [0, 0.1) is 0 Å². The number of benzene rings is 6. The van der Waals surface area contributed by atoms with Crippen LogP contribution in [0.15, 0.2) is 138 Å². The first-order chi connectivity index (χ1) is 19.7. The molecule has 4 heteroatoms. The van der Waals surface area contributed by atoms with E-state index in [4.69, 9.17) is 9.97 Å². The molecule has 8 aromatic rings. The van der Waals surface area contributed by atoms with Crippen molar-refractivity contribution in [1.82, 2.24) is 14.5 Å². The Hall–Kier alpha value is -4.80. The average Bonchev–Trinajstić information content (AvgIpc) is 3.36. The molecule has 2 heterocycles. The molecule has 0 N–H and O–H groups in total. The Morgan fingerprint density at radius 1 is 0.500 bits per heavy atom. The fourth-order valence-corrected chi connectivity index (χ4v) is 6.20. The molecule has 0 aliphatic rings. The minimum absolute atomic E-state index is 0.670. The monoisotopic (exact) mass is 575 g/mol. The first kappa shape index (κ1) is 23.1. The van der Waals surface area contributed by atoms with E-state index in [1.807, 2.05) is 12.1 Å². The third kappa shape index (κ3) is 3.64. The van der Waals surface area contributed by atoms with Crippen LogP contribution in [0.5, 0.6) is 0 Å². The van der Waals surface area contributed by atoms with Crippen molar-refractivity contribution in [2.75, 3.05) is 0 Å². The zero-order chi connectivity index (χ0) is 26.6. The van der Waals surface area contributed by atoms with Crippen LogP contribution in [0.3, 0.4) is 0 Å². The molecule has 0 aliphatic heterocycles. The number of aromatic nitrogens is 3. The van der Waals surface area contributed by atoms with Crippen molar-refractivity contribution < 1.29 is 0 Å². The normalized spacial score (nSPS) is 11.6. The van der Waals surface area contributed by atoms with Crippen molar-refractivity contribution in [1.29, 1.82) is 0 Å². The lowest BCUT2D eigenvalue weighted by atomic mass is 10.0. The quantitative estimate of drug-likeness (QED) is 0.210. The molecule has 3 nitrogen and oxygen atoms in total. The number of rotatable bonds is 3. The maximum absolute atomic E-state index is 5.25. The summed E-state index contributed by atoms with van der Waals surface area (Å²) in [6.45, 7) is 0. The minimum Gasteiger partial charge on any atom is -0.278 e. The third-order valence-electron chi connectivity index (χ3n) is 7.67. The summed E-state index contributed by atoms with van der Waals surface area (Å²) in [6, 6.07) is 46.8. The number of para-hydroxylation sites is 2. The van der Waals surface area contributed by atoms with Crippen LogP contribution in [-0.4, -0.2) is 14.5 Å². The van der Waals surface area contributed by atoms with Gasteiger partial charge in [-0.2, -0.15) is 0 Å². The third-order valence-corrected chi connectivity index (χ3v) is 8.17. The highest BCUT2D eigenvalue weighted by Crippen LogP contribution is 2.38. The van der Waals surface area contributed by atoms with Gasteiger partial charge in [-0.25, -0.2) is 9.97 Å². The summed E-state index contributed by atoms with van der Waals surface area (Å²) in [5, 5.41) is 5.86. The molecule has 0 spiro atoms. The highest BCUT2D eigenvalue weighted by molar-refractivity contribution is 9.10. The fourth-order valence-electron chi connectivity index (χ4n) is 5.82. The lowest BCUT2D eigenvalue weighted by Gasteiger charge is -2.12. The van der Waals surface area contributed by atoms with E-state index in [1.165, 1.54) is 32.7 Å². The van der Waals surface area contributed by atoms with Gasteiger partial charge in [0, 0.05) is 26.2 Å². The molecule has 0 saturated heterocycles. The van der Waals surface area contributed by atoms with Crippen LogP contribution in [0.1, 0.15) is 0 Å². The zero-order valence-corrected chi connectivity index (χ0v) is 23.0. The number of hydrogen-bond donors (Lipinski definition) is 0. The second-order valence-corrected chi connectivity index (χ2v) is 10.9. The number of fused-ring (bicyclic) bond motifs is 6. The molecule has 0 atom stereocenters. The van der Waals surface area contributed by atoms with Crippen LogP contribution >= 0.6 is 15.9 Å². The molecule has 188 valence electrons. The van der Waals surface area contributed by atoms with Crippen molar-refractivity contribution in [3.05, 3.63) is 138 Å². The predicted octanol–water partition coefficient (Wildman–Crippen LogP) is 9.98. The van der Waals surface area contributed by atoms with Crippen molar-refractivity contribution in [3.8, 4) is 28.3 Å². The van der Waals surface area contributed by atoms with E-state index in [9.17, 15) is 0 Å². The van der Waals surface area contributed by atoms with E-state index in [2.05, 4.69) is 142 Å². The molecule has 40 heavy (non-hydrogen) atoms. The molecule has 0 fully saturated rings. The van der Waals surface area contributed by atoms with Crippen LogP contribution in [0.2, 0.25) is 0 Å². The van der Waals surface area contributed by atoms with Crippen LogP contribution in [-0.2, 0) is 0 Å². The van der Waals surface area contributed by atoms with Crippen LogP contribution < -0.4 is 0 Å². The Morgan fingerprint density at radius 2 is 1.20 bits per heavy atom. The zero-order valence-electron chi connectivity index (χ0n) is 21.4. The van der Waals surface area contributed by atoms with Crippen molar-refractivity contribution >= 4 is 59.4 Å². The largest absolute Gasteiger partial charge is 0.278 e. The predicted molar refractivity (Wildman–Crippen MR) is 170 cm³/mol.